The molecule has 0 aliphatic carbocycles. The molecule has 0 aromatic rings. The maximum absolute atomic E-state index is 11.6. The van der Waals surface area contributed by atoms with E-state index in [2.05, 4.69) is 0 Å². The van der Waals surface area contributed by atoms with Crippen LogP contribution in [0.1, 0.15) is 0 Å². The van der Waals surface area contributed by atoms with Crippen LogP contribution in [0.5, 0.6) is 0 Å². The van der Waals surface area contributed by atoms with Gasteiger partial charge in [-0.2, -0.15) is 0 Å². The van der Waals surface area contributed by atoms with E-state index in [1.165, 1.54) is 0 Å². The SMILES string of the molecule is O=S(=O)(F)N([Xe]F)S(=O)(=O)F. The molecule has 0 saturated carbocycles. The Labute approximate surface area is 88.3 Å². The normalized spacial score (nSPS) is 14.2. The van der Waals surface area contributed by atoms with Gasteiger partial charge in [-0.3, -0.25) is 0 Å². The van der Waals surface area contributed by atoms with Gasteiger partial charge in [0.2, 0.25) is 0 Å². The summed E-state index contributed by atoms with van der Waals surface area (Å²) in [5, 5.41) is 0. The van der Waals surface area contributed by atoms with Gasteiger partial charge in [0, 0.05) is 0 Å². The van der Waals surface area contributed by atoms with Gasteiger partial charge in [-0.25, -0.2) is 0 Å². The van der Waals surface area contributed by atoms with Crippen LogP contribution < -0.4 is 0 Å². The van der Waals surface area contributed by atoms with Crippen LogP contribution in [-0.4, -0.2) is 15.6 Å². The van der Waals surface area contributed by atoms with Crippen molar-refractivity contribution in [3.05, 3.63) is 0 Å². The average molecular weight is 330 g/mol. The fraction of sp³-hybridized carbons (Fsp3) is 0. The van der Waals surface area contributed by atoms with E-state index in [1.54, 1.807) is 0 Å². The van der Waals surface area contributed by atoms with Gasteiger partial charge in [0.1, 0.15) is 0 Å². The van der Waals surface area contributed by atoms with E-state index >= 15 is 0 Å². The van der Waals surface area contributed by atoms with E-state index in [4.69, 9.17) is 0 Å². The first-order valence-corrected chi connectivity index (χ1v) is 5.98. The van der Waals surface area contributed by atoms with Crippen LogP contribution in [0, 0.1) is 45.5 Å². The Morgan fingerprint density at radius 3 is 1.27 bits per heavy atom. The van der Waals surface area contributed by atoms with Crippen LogP contribution in [0.15, 0.2) is 0 Å². The molecule has 0 radical (unpaired) electrons. The molecule has 0 aromatic heterocycles. The molecular formula is F3NO4S2Xe. The molecule has 0 amide bonds. The van der Waals surface area contributed by atoms with E-state index in [1.807, 2.05) is 0 Å². The molecular weight excluding hydrogens is 330 g/mol. The second-order valence-corrected chi connectivity index (χ2v) is 6.14. The Balaban J connectivity index is 5.05. The van der Waals surface area contributed by atoms with Gasteiger partial charge in [-0.1, -0.05) is 0 Å². The summed E-state index contributed by atoms with van der Waals surface area (Å²) in [4.78, 5) is 0. The Morgan fingerprint density at radius 2 is 1.27 bits per heavy atom. The molecule has 70 valence electrons. The van der Waals surface area contributed by atoms with Crippen molar-refractivity contribution in [2.24, 2.45) is 0 Å². The second-order valence-electron chi connectivity index (χ2n) is 1.09. The molecule has 0 saturated heterocycles. The summed E-state index contributed by atoms with van der Waals surface area (Å²) in [6.07, 6.45) is 0. The monoisotopic (exact) mass is 331 g/mol. The summed E-state index contributed by atoms with van der Waals surface area (Å²) in [5.41, 5.74) is 0. The van der Waals surface area contributed by atoms with Crippen molar-refractivity contribution in [1.29, 1.82) is 0 Å². The van der Waals surface area contributed by atoms with Crippen molar-refractivity contribution < 1.29 is 70.2 Å². The Kier molecular flexibility index (Phi) is 4.39. The fourth-order valence-corrected chi connectivity index (χ4v) is 2.13. The molecule has 0 N–H and O–H groups in total. The zero-order valence-electron chi connectivity index (χ0n) is 4.38. The van der Waals surface area contributed by atoms with E-state index in [0.717, 1.165) is 0 Å². The predicted molar refractivity (Wildman–Crippen MR) is 23.0 cm³/mol. The van der Waals surface area contributed by atoms with Crippen LogP contribution >= 0.6 is 0 Å². The van der Waals surface area contributed by atoms with Crippen molar-refractivity contribution in [3.8, 4) is 0 Å². The predicted octanol–water partition coefficient (Wildman–Crippen LogP) is -0.398. The van der Waals surface area contributed by atoms with Gasteiger partial charge in [0.05, 0.1) is 0 Å². The molecule has 11 heteroatoms. The van der Waals surface area contributed by atoms with E-state index < -0.39 is 65.1 Å². The minimum atomic E-state index is -5.84. The quantitative estimate of drug-likeness (QED) is 0.660. The summed E-state index contributed by atoms with van der Waals surface area (Å²) < 4.78 is 71.7. The molecule has 0 atom stereocenters. The van der Waals surface area contributed by atoms with Crippen LogP contribution in [0.3, 0.4) is 0 Å². The van der Waals surface area contributed by atoms with E-state index in [-0.39, 0.29) is 0 Å². The first-order chi connectivity index (χ1) is 4.69. The van der Waals surface area contributed by atoms with Crippen molar-refractivity contribution in [2.45, 2.75) is 0 Å². The summed E-state index contributed by atoms with van der Waals surface area (Å²) in [6.45, 7) is 0. The van der Waals surface area contributed by atoms with E-state index in [0.29, 0.717) is 0 Å². The van der Waals surface area contributed by atoms with Crippen LogP contribution in [0.2, 0.25) is 0 Å². The molecule has 0 aliphatic heterocycles. The molecule has 0 aromatic carbocycles. The third-order valence-corrected chi connectivity index (χ3v) is 5.69. The zero-order chi connectivity index (χ0) is 9.28. The maximum atomic E-state index is 11.6. The third kappa shape index (κ3) is 4.12. The fourth-order valence-electron chi connectivity index (χ4n) is 0.165. The summed E-state index contributed by atoms with van der Waals surface area (Å²) in [6, 6.07) is 0. The van der Waals surface area contributed by atoms with Crippen molar-refractivity contribution in [3.63, 3.8) is 0 Å². The molecule has 11 heavy (non-hydrogen) atoms. The van der Waals surface area contributed by atoms with Gasteiger partial charge in [-0.15, -0.1) is 0 Å². The molecule has 0 unspecified atom stereocenters. The molecule has 0 aliphatic rings. The summed E-state index contributed by atoms with van der Waals surface area (Å²) in [5.74, 6) is 0. The van der Waals surface area contributed by atoms with Crippen molar-refractivity contribution >= 4 is 20.8 Å². The summed E-state index contributed by atoms with van der Waals surface area (Å²) >= 11 is -3.06. The van der Waals surface area contributed by atoms with Gasteiger partial charge in [0.15, 0.2) is 0 Å². The minimum absolute atomic E-state index is 1.47. The zero-order valence-corrected chi connectivity index (χ0v) is 8.04. The first-order valence-electron chi connectivity index (χ1n) is 1.63. The van der Waals surface area contributed by atoms with Crippen molar-refractivity contribution in [1.82, 2.24) is -1.28 Å². The van der Waals surface area contributed by atoms with Gasteiger partial charge < -0.3 is 0 Å². The second kappa shape index (κ2) is 3.95. The topological polar surface area (TPSA) is 71.5 Å². The molecule has 0 bridgehead atoms. The van der Waals surface area contributed by atoms with E-state index in [9.17, 15) is 24.7 Å². The third-order valence-electron chi connectivity index (χ3n) is 0.381. The van der Waals surface area contributed by atoms with Gasteiger partial charge >= 0.3 is 89.8 Å². The van der Waals surface area contributed by atoms with Crippen LogP contribution in [0.25, 0.3) is 0 Å². The number of rotatable bonds is 3. The van der Waals surface area contributed by atoms with Crippen molar-refractivity contribution in [2.75, 3.05) is 0 Å². The first kappa shape index (κ1) is 12.2. The molecule has 0 fully saturated rings. The molecule has 0 rings (SSSR count). The number of nitrogens with zero attached hydrogens (tertiary/aromatic N) is 1. The molecule has 5 nitrogen and oxygen atoms in total. The Hall–Kier alpha value is 1.22. The number of halogens is 3. The van der Waals surface area contributed by atoms with Crippen LogP contribution in [-0.2, 0) is 20.8 Å². The van der Waals surface area contributed by atoms with Gasteiger partial charge in [0.25, 0.3) is 0 Å². The molecule has 0 spiro atoms. The number of hydrogen-bond donors (Lipinski definition) is 0. The number of hydrogen-bond acceptors (Lipinski definition) is 4. The summed E-state index contributed by atoms with van der Waals surface area (Å²) in [7, 11) is -11.7. The molecule has 0 heterocycles. The van der Waals surface area contributed by atoms with Crippen LogP contribution in [0.4, 0.5) is 7.86 Å². The standard InChI is InChI=1S/F3NO4S2Xe/c1-9(5,6)4(11-3)10(2,7)8. The average Bonchev–Trinajstić information content (AvgIpc) is 1.56. The Bertz CT molecular complexity index is 285. The Morgan fingerprint density at radius 1 is 1.00 bits per heavy atom. The van der Waals surface area contributed by atoms with Gasteiger partial charge in [-0.05, 0) is 0 Å².